The molecule has 0 unspecified atom stereocenters. The Hall–Kier alpha value is -1.77. The van der Waals surface area contributed by atoms with Crippen LogP contribution in [0.4, 0.5) is 5.69 Å². The van der Waals surface area contributed by atoms with Gasteiger partial charge in [0.25, 0.3) is 11.6 Å². The van der Waals surface area contributed by atoms with E-state index in [1.165, 1.54) is 6.07 Å². The Bertz CT molecular complexity index is 483. The molecule has 0 radical (unpaired) electrons. The molecule has 1 amide bonds. The molecule has 1 rings (SSSR count). The number of methoxy groups -OCH3 is 1. The Morgan fingerprint density at radius 1 is 1.50 bits per heavy atom. The van der Waals surface area contributed by atoms with E-state index in [0.29, 0.717) is 26.2 Å². The number of carbonyl (C=O) groups excluding carboxylic acids is 1. The second kappa shape index (κ2) is 8.41. The molecule has 0 saturated heterocycles. The Labute approximate surface area is 120 Å². The molecule has 1 aromatic rings. The van der Waals surface area contributed by atoms with Gasteiger partial charge in [0.1, 0.15) is 16.9 Å². The summed E-state index contributed by atoms with van der Waals surface area (Å²) in [6.07, 6.45) is 0.966. The van der Waals surface area contributed by atoms with Gasteiger partial charge < -0.3 is 15.4 Å². The fourth-order valence-electron chi connectivity index (χ4n) is 1.41. The van der Waals surface area contributed by atoms with Gasteiger partial charge in [0, 0.05) is 26.7 Å². The zero-order chi connectivity index (χ0) is 15.0. The lowest BCUT2D eigenvalue weighted by molar-refractivity contribution is -0.385. The molecule has 20 heavy (non-hydrogen) atoms. The molecule has 2 N–H and O–H groups in total. The predicted octanol–water partition coefficient (Wildman–Crippen LogP) is 0.609. The molecule has 0 atom stereocenters. The van der Waals surface area contributed by atoms with E-state index in [0.717, 1.165) is 6.20 Å². The van der Waals surface area contributed by atoms with E-state index in [-0.39, 0.29) is 16.4 Å². The van der Waals surface area contributed by atoms with Gasteiger partial charge in [-0.1, -0.05) is 11.6 Å². The fraction of sp³-hybridized carbons (Fsp3) is 0.455. The molecule has 1 heterocycles. The number of nitrogens with zero attached hydrogens (tertiary/aromatic N) is 2. The highest BCUT2D eigenvalue weighted by molar-refractivity contribution is 6.29. The molecule has 0 spiro atoms. The van der Waals surface area contributed by atoms with Crippen molar-refractivity contribution in [2.45, 2.75) is 0 Å². The molecule has 9 heteroatoms. The Morgan fingerprint density at radius 3 is 2.90 bits per heavy atom. The van der Waals surface area contributed by atoms with Crippen molar-refractivity contribution in [3.8, 4) is 0 Å². The average molecular weight is 303 g/mol. The normalized spacial score (nSPS) is 10.3. The van der Waals surface area contributed by atoms with E-state index in [4.69, 9.17) is 16.3 Å². The third kappa shape index (κ3) is 5.08. The van der Waals surface area contributed by atoms with Crippen molar-refractivity contribution in [1.82, 2.24) is 15.6 Å². The van der Waals surface area contributed by atoms with Gasteiger partial charge in [-0.25, -0.2) is 4.98 Å². The van der Waals surface area contributed by atoms with Gasteiger partial charge in [-0.2, -0.15) is 0 Å². The summed E-state index contributed by atoms with van der Waals surface area (Å²) in [4.78, 5) is 25.6. The number of hydrogen-bond donors (Lipinski definition) is 2. The first-order chi connectivity index (χ1) is 9.56. The number of hydrogen-bond acceptors (Lipinski definition) is 6. The van der Waals surface area contributed by atoms with Gasteiger partial charge in [-0.15, -0.1) is 0 Å². The van der Waals surface area contributed by atoms with Crippen molar-refractivity contribution in [1.29, 1.82) is 0 Å². The summed E-state index contributed by atoms with van der Waals surface area (Å²) in [5.41, 5.74) is -0.480. The van der Waals surface area contributed by atoms with E-state index in [1.54, 1.807) is 7.11 Å². The molecule has 0 bridgehead atoms. The molecule has 0 aromatic carbocycles. The Morgan fingerprint density at radius 2 is 2.25 bits per heavy atom. The van der Waals surface area contributed by atoms with Crippen LogP contribution in [-0.4, -0.2) is 49.2 Å². The number of nitro groups is 1. The highest BCUT2D eigenvalue weighted by Gasteiger charge is 2.20. The van der Waals surface area contributed by atoms with Crippen LogP contribution >= 0.6 is 11.6 Å². The molecule has 0 aliphatic heterocycles. The minimum atomic E-state index is -0.672. The molecule has 1 aromatic heterocycles. The van der Waals surface area contributed by atoms with Crippen LogP contribution in [0.25, 0.3) is 0 Å². The van der Waals surface area contributed by atoms with Crippen LogP contribution in [0.2, 0.25) is 5.15 Å². The molecule has 0 fully saturated rings. The SMILES string of the molecule is COCCNCCNC(=O)c1cc(Cl)ncc1[N+](=O)[O-]. The summed E-state index contributed by atoms with van der Waals surface area (Å²) in [7, 11) is 1.59. The van der Waals surface area contributed by atoms with Crippen LogP contribution in [0.15, 0.2) is 12.3 Å². The van der Waals surface area contributed by atoms with Crippen molar-refractivity contribution in [3.63, 3.8) is 0 Å². The minimum Gasteiger partial charge on any atom is -0.383 e. The highest BCUT2D eigenvalue weighted by Crippen LogP contribution is 2.19. The zero-order valence-electron chi connectivity index (χ0n) is 10.9. The standard InChI is InChI=1S/C11H15ClN4O4/c1-20-5-4-13-2-3-14-11(17)8-6-10(12)15-7-9(8)16(18)19/h6-7,13H,2-5H2,1H3,(H,14,17). The van der Waals surface area contributed by atoms with Crippen LogP contribution in [0.3, 0.4) is 0 Å². The van der Waals surface area contributed by atoms with Gasteiger partial charge in [0.05, 0.1) is 11.5 Å². The monoisotopic (exact) mass is 302 g/mol. The lowest BCUT2D eigenvalue weighted by atomic mass is 10.2. The van der Waals surface area contributed by atoms with Crippen LogP contribution in [0.5, 0.6) is 0 Å². The summed E-state index contributed by atoms with van der Waals surface area (Å²) >= 11 is 5.64. The van der Waals surface area contributed by atoms with Crippen LogP contribution in [0, 0.1) is 10.1 Å². The van der Waals surface area contributed by atoms with Crippen molar-refractivity contribution >= 4 is 23.2 Å². The van der Waals surface area contributed by atoms with Crippen molar-refractivity contribution in [2.24, 2.45) is 0 Å². The number of amides is 1. The number of pyridine rings is 1. The first-order valence-electron chi connectivity index (χ1n) is 5.84. The Kier molecular flexibility index (Phi) is 6.85. The summed E-state index contributed by atoms with van der Waals surface area (Å²) in [6.45, 7) is 2.09. The molecule has 0 saturated carbocycles. The highest BCUT2D eigenvalue weighted by atomic mass is 35.5. The van der Waals surface area contributed by atoms with Crippen molar-refractivity contribution in [3.05, 3.63) is 33.1 Å². The first-order valence-corrected chi connectivity index (χ1v) is 6.22. The molecule has 0 aliphatic carbocycles. The molecule has 8 nitrogen and oxygen atoms in total. The quantitative estimate of drug-likeness (QED) is 0.315. The number of rotatable bonds is 8. The van der Waals surface area contributed by atoms with E-state index in [9.17, 15) is 14.9 Å². The Balaban J connectivity index is 2.54. The van der Waals surface area contributed by atoms with Crippen molar-refractivity contribution in [2.75, 3.05) is 33.4 Å². The largest absolute Gasteiger partial charge is 0.383 e. The molecule has 0 aliphatic rings. The van der Waals surface area contributed by atoms with Gasteiger partial charge >= 0.3 is 0 Å². The smallest absolute Gasteiger partial charge is 0.300 e. The number of aromatic nitrogens is 1. The first kappa shape index (κ1) is 16.3. The second-order valence-corrected chi connectivity index (χ2v) is 4.17. The lowest BCUT2D eigenvalue weighted by Crippen LogP contribution is -2.33. The number of halogens is 1. The maximum absolute atomic E-state index is 11.9. The maximum atomic E-state index is 11.9. The van der Waals surface area contributed by atoms with Gasteiger partial charge in [-0.05, 0) is 6.07 Å². The summed E-state index contributed by atoms with van der Waals surface area (Å²) < 4.78 is 4.85. The molecular weight excluding hydrogens is 288 g/mol. The van der Waals surface area contributed by atoms with E-state index in [2.05, 4.69) is 15.6 Å². The van der Waals surface area contributed by atoms with E-state index < -0.39 is 10.8 Å². The van der Waals surface area contributed by atoms with Crippen LogP contribution < -0.4 is 10.6 Å². The van der Waals surface area contributed by atoms with E-state index >= 15 is 0 Å². The van der Waals surface area contributed by atoms with Crippen LogP contribution in [-0.2, 0) is 4.74 Å². The van der Waals surface area contributed by atoms with Crippen molar-refractivity contribution < 1.29 is 14.5 Å². The second-order valence-electron chi connectivity index (χ2n) is 3.78. The summed E-state index contributed by atoms with van der Waals surface area (Å²) in [6, 6.07) is 1.17. The minimum absolute atomic E-state index is 0.0268. The number of nitrogens with one attached hydrogen (secondary N) is 2. The van der Waals surface area contributed by atoms with Gasteiger partial charge in [0.2, 0.25) is 0 Å². The fourth-order valence-corrected chi connectivity index (χ4v) is 1.57. The van der Waals surface area contributed by atoms with Gasteiger partial charge in [0.15, 0.2) is 0 Å². The third-order valence-electron chi connectivity index (χ3n) is 2.36. The molecular formula is C11H15ClN4O4. The molecule has 110 valence electrons. The number of ether oxygens (including phenoxy) is 1. The summed E-state index contributed by atoms with van der Waals surface area (Å²) in [5.74, 6) is -0.561. The topological polar surface area (TPSA) is 106 Å². The predicted molar refractivity (Wildman–Crippen MR) is 73.0 cm³/mol. The van der Waals surface area contributed by atoms with Crippen LogP contribution in [0.1, 0.15) is 10.4 Å². The number of carbonyl (C=O) groups is 1. The third-order valence-corrected chi connectivity index (χ3v) is 2.57. The zero-order valence-corrected chi connectivity index (χ0v) is 11.6. The average Bonchev–Trinajstić information content (AvgIpc) is 2.42. The lowest BCUT2D eigenvalue weighted by Gasteiger charge is -2.07. The van der Waals surface area contributed by atoms with Gasteiger partial charge in [-0.3, -0.25) is 14.9 Å². The summed E-state index contributed by atoms with van der Waals surface area (Å²) in [5, 5.41) is 16.4. The maximum Gasteiger partial charge on any atom is 0.300 e. The van der Waals surface area contributed by atoms with E-state index in [1.807, 2.05) is 0 Å².